The summed E-state index contributed by atoms with van der Waals surface area (Å²) >= 11 is 0. The van der Waals surface area contributed by atoms with Gasteiger partial charge in [-0.15, -0.1) is 0 Å². The van der Waals surface area contributed by atoms with Gasteiger partial charge >= 0.3 is 0 Å². The normalized spacial score (nSPS) is 26.2. The Kier molecular flexibility index (Phi) is 3.39. The Morgan fingerprint density at radius 1 is 1.33 bits per heavy atom. The zero-order valence-electron chi connectivity index (χ0n) is 11.3. The molecule has 2 N–H and O–H groups in total. The highest BCUT2D eigenvalue weighted by molar-refractivity contribution is 5.14. The van der Waals surface area contributed by atoms with E-state index in [2.05, 4.69) is 27.6 Å². The summed E-state index contributed by atoms with van der Waals surface area (Å²) in [6.07, 6.45) is 8.14. The number of imidazole rings is 1. The van der Waals surface area contributed by atoms with Crippen LogP contribution < -0.4 is 5.73 Å². The van der Waals surface area contributed by atoms with Crippen molar-refractivity contribution >= 4 is 0 Å². The first-order chi connectivity index (χ1) is 8.79. The summed E-state index contributed by atoms with van der Waals surface area (Å²) in [5.41, 5.74) is 7.61. The number of hydrogen-bond acceptors (Lipinski definition) is 3. The molecule has 1 aromatic rings. The number of nitrogens with zero attached hydrogens (tertiary/aromatic N) is 3. The van der Waals surface area contributed by atoms with Gasteiger partial charge in [-0.3, -0.25) is 0 Å². The lowest BCUT2D eigenvalue weighted by Crippen LogP contribution is -2.34. The van der Waals surface area contributed by atoms with E-state index in [1.54, 1.807) is 0 Å². The fraction of sp³-hybridized carbons (Fsp3) is 0.786. The van der Waals surface area contributed by atoms with Crippen LogP contribution in [0.4, 0.5) is 0 Å². The van der Waals surface area contributed by atoms with Crippen LogP contribution in [0.5, 0.6) is 0 Å². The van der Waals surface area contributed by atoms with Crippen molar-refractivity contribution in [2.24, 2.45) is 5.73 Å². The molecule has 0 radical (unpaired) electrons. The molecule has 0 aliphatic carbocycles. The molecule has 1 aromatic heterocycles. The largest absolute Gasteiger partial charge is 0.316 e. The van der Waals surface area contributed by atoms with Crippen LogP contribution >= 0.6 is 0 Å². The van der Waals surface area contributed by atoms with Crippen LogP contribution in [-0.4, -0.2) is 34.1 Å². The van der Waals surface area contributed by atoms with Crippen LogP contribution in [0, 0.1) is 0 Å². The monoisotopic (exact) mass is 248 g/mol. The molecule has 18 heavy (non-hydrogen) atoms. The van der Waals surface area contributed by atoms with Gasteiger partial charge in [0.2, 0.25) is 0 Å². The molecule has 0 saturated carbocycles. The lowest BCUT2D eigenvalue weighted by atomic mass is 9.95. The molecular weight excluding hydrogens is 224 g/mol. The molecule has 4 heteroatoms. The van der Waals surface area contributed by atoms with E-state index in [1.165, 1.54) is 50.4 Å². The van der Waals surface area contributed by atoms with Gasteiger partial charge in [0.15, 0.2) is 0 Å². The summed E-state index contributed by atoms with van der Waals surface area (Å²) in [5.74, 6) is 1.87. The third-order valence-electron chi connectivity index (χ3n) is 4.57. The van der Waals surface area contributed by atoms with E-state index < -0.39 is 0 Å². The Labute approximate surface area is 109 Å². The third kappa shape index (κ3) is 2.08. The second kappa shape index (κ2) is 5.02. The van der Waals surface area contributed by atoms with Crippen molar-refractivity contribution in [3.63, 3.8) is 0 Å². The minimum Gasteiger partial charge on any atom is -0.316 e. The Hall–Kier alpha value is -0.870. The zero-order chi connectivity index (χ0) is 12.5. The molecule has 100 valence electrons. The highest BCUT2D eigenvalue weighted by Crippen LogP contribution is 2.32. The van der Waals surface area contributed by atoms with Crippen LogP contribution in [0.2, 0.25) is 0 Å². The average molecular weight is 248 g/mol. The molecule has 0 bridgehead atoms. The molecule has 0 amide bonds. The van der Waals surface area contributed by atoms with Gasteiger partial charge in [0, 0.05) is 17.8 Å². The Morgan fingerprint density at radius 2 is 2.11 bits per heavy atom. The molecule has 1 saturated heterocycles. The predicted octanol–water partition coefficient (Wildman–Crippen LogP) is 1.88. The highest BCUT2D eigenvalue weighted by atomic mass is 15.2. The number of aromatic nitrogens is 2. The molecule has 3 rings (SSSR count). The number of fused-ring (bicyclic) bond motifs is 1. The lowest BCUT2D eigenvalue weighted by molar-refractivity contribution is 0.214. The summed E-state index contributed by atoms with van der Waals surface area (Å²) in [4.78, 5) is 7.21. The Balaban J connectivity index is 1.79. The molecule has 1 unspecified atom stereocenters. The smallest absolute Gasteiger partial charge is 0.113 e. The second-order valence-electron chi connectivity index (χ2n) is 5.65. The quantitative estimate of drug-likeness (QED) is 0.869. The maximum absolute atomic E-state index is 6.26. The first kappa shape index (κ1) is 12.2. The third-order valence-corrected chi connectivity index (χ3v) is 4.57. The van der Waals surface area contributed by atoms with Gasteiger partial charge in [-0.25, -0.2) is 4.98 Å². The molecular formula is C14H24N4. The highest BCUT2D eigenvalue weighted by Gasteiger charge is 2.27. The maximum atomic E-state index is 6.26. The van der Waals surface area contributed by atoms with Crippen LogP contribution in [0.15, 0.2) is 6.20 Å². The molecule has 1 fully saturated rings. The number of aryl methyl sites for hydroxylation is 1. The van der Waals surface area contributed by atoms with Crippen LogP contribution in [0.1, 0.15) is 56.2 Å². The average Bonchev–Trinajstić information content (AvgIpc) is 2.84. The van der Waals surface area contributed by atoms with Crippen molar-refractivity contribution in [2.45, 2.75) is 51.1 Å². The first-order valence-corrected chi connectivity index (χ1v) is 7.33. The van der Waals surface area contributed by atoms with Crippen LogP contribution in [0.3, 0.4) is 0 Å². The van der Waals surface area contributed by atoms with Gasteiger partial charge in [0.1, 0.15) is 5.82 Å². The van der Waals surface area contributed by atoms with Gasteiger partial charge < -0.3 is 15.2 Å². The Morgan fingerprint density at radius 3 is 2.83 bits per heavy atom. The van der Waals surface area contributed by atoms with E-state index in [1.807, 2.05) is 0 Å². The minimum atomic E-state index is 0.162. The summed E-state index contributed by atoms with van der Waals surface area (Å²) in [5, 5.41) is 0. The van der Waals surface area contributed by atoms with Crippen molar-refractivity contribution in [2.75, 3.05) is 19.6 Å². The summed E-state index contributed by atoms with van der Waals surface area (Å²) in [7, 11) is 0. The van der Waals surface area contributed by atoms with E-state index in [-0.39, 0.29) is 6.17 Å². The van der Waals surface area contributed by atoms with Gasteiger partial charge in [-0.05, 0) is 51.7 Å². The number of nitrogens with two attached hydrogens (primary N) is 1. The second-order valence-corrected chi connectivity index (χ2v) is 5.65. The van der Waals surface area contributed by atoms with Gasteiger partial charge in [0.05, 0.1) is 6.17 Å². The number of rotatable bonds is 2. The van der Waals surface area contributed by atoms with E-state index in [4.69, 9.17) is 5.73 Å². The van der Waals surface area contributed by atoms with Crippen molar-refractivity contribution < 1.29 is 0 Å². The first-order valence-electron chi connectivity index (χ1n) is 7.33. The molecule has 4 nitrogen and oxygen atoms in total. The molecule has 1 atom stereocenters. The van der Waals surface area contributed by atoms with Crippen LogP contribution in [-0.2, 0) is 6.42 Å². The topological polar surface area (TPSA) is 47.1 Å². The fourth-order valence-corrected chi connectivity index (χ4v) is 3.41. The molecule has 3 heterocycles. The van der Waals surface area contributed by atoms with E-state index >= 15 is 0 Å². The van der Waals surface area contributed by atoms with Crippen molar-refractivity contribution in [3.05, 3.63) is 17.7 Å². The number of piperidine rings is 1. The van der Waals surface area contributed by atoms with E-state index in [0.717, 1.165) is 12.8 Å². The predicted molar refractivity (Wildman–Crippen MR) is 72.5 cm³/mol. The van der Waals surface area contributed by atoms with Crippen molar-refractivity contribution in [1.82, 2.24) is 14.5 Å². The Bertz CT molecular complexity index is 404. The summed E-state index contributed by atoms with van der Waals surface area (Å²) in [6, 6.07) is 0. The van der Waals surface area contributed by atoms with Gasteiger partial charge in [-0.2, -0.15) is 0 Å². The number of likely N-dealkylation sites (tertiary alicyclic amines) is 1. The summed E-state index contributed by atoms with van der Waals surface area (Å²) < 4.78 is 2.33. The lowest BCUT2D eigenvalue weighted by Gasteiger charge is -2.32. The van der Waals surface area contributed by atoms with Crippen LogP contribution in [0.25, 0.3) is 0 Å². The number of hydrogen-bond donors (Lipinski definition) is 1. The van der Waals surface area contributed by atoms with E-state index in [0.29, 0.717) is 5.92 Å². The standard InChI is InChI=1S/C14H24N4/c1-2-17-8-6-11(7-9-17)14-16-10-12-4-3-5-13(15)18(12)14/h10-11,13H,2-9,15H2,1H3. The van der Waals surface area contributed by atoms with Crippen molar-refractivity contribution in [3.8, 4) is 0 Å². The summed E-state index contributed by atoms with van der Waals surface area (Å²) in [6.45, 7) is 5.83. The SMILES string of the molecule is CCN1CCC(c2ncc3n2C(N)CCC3)CC1. The van der Waals surface area contributed by atoms with Crippen molar-refractivity contribution in [1.29, 1.82) is 0 Å². The van der Waals surface area contributed by atoms with E-state index in [9.17, 15) is 0 Å². The van der Waals surface area contributed by atoms with Gasteiger partial charge in [-0.1, -0.05) is 6.92 Å². The molecule has 2 aliphatic rings. The maximum Gasteiger partial charge on any atom is 0.113 e. The van der Waals surface area contributed by atoms with Gasteiger partial charge in [0.25, 0.3) is 0 Å². The zero-order valence-corrected chi connectivity index (χ0v) is 11.3. The minimum absolute atomic E-state index is 0.162. The molecule has 2 aliphatic heterocycles. The molecule has 0 aromatic carbocycles. The fourth-order valence-electron chi connectivity index (χ4n) is 3.41. The molecule has 0 spiro atoms.